The van der Waals surface area contributed by atoms with E-state index in [0.717, 1.165) is 26.2 Å². The number of rotatable bonds is 6. The average Bonchev–Trinajstić information content (AvgIpc) is 3.17. The number of aryl methyl sites for hydroxylation is 1. The van der Waals surface area contributed by atoms with Crippen LogP contribution in [-0.4, -0.2) is 22.4 Å². The zero-order valence-electron chi connectivity index (χ0n) is 15.5. The number of nitrogens with one attached hydrogen (secondary N) is 2. The number of anilines is 1. The van der Waals surface area contributed by atoms with Gasteiger partial charge in [0.25, 0.3) is 0 Å². The van der Waals surface area contributed by atoms with E-state index in [1.165, 1.54) is 11.9 Å². The number of nitrogens with zero attached hydrogens (tertiary/aromatic N) is 2. The molecule has 140 valence electrons. The maximum atomic E-state index is 12.2. The van der Waals surface area contributed by atoms with Gasteiger partial charge in [-0.1, -0.05) is 60.2 Å². The van der Waals surface area contributed by atoms with E-state index in [1.807, 2.05) is 49.4 Å². The number of carbonyl (C=O) groups excluding carboxylic acids is 1. The number of amides is 1. The molecule has 0 spiro atoms. The quantitative estimate of drug-likeness (QED) is 0.514. The van der Waals surface area contributed by atoms with Crippen LogP contribution in [0, 0.1) is 6.92 Å². The standard InChI is InChI=1S/C22H20N4OS/c1-15-7-9-16(10-8-15)12-23-20(27)13-24-21-18-11-19(17-5-3-2-4-6-17)28-22(18)26-14-25-21/h2-11,14H,12-13H2,1H3,(H,23,27)(H,24,25,26). The third kappa shape index (κ3) is 4.18. The van der Waals surface area contributed by atoms with Crippen LogP contribution in [0.15, 0.2) is 67.0 Å². The second-order valence-corrected chi connectivity index (χ2v) is 7.56. The van der Waals surface area contributed by atoms with E-state index in [4.69, 9.17) is 0 Å². The lowest BCUT2D eigenvalue weighted by atomic mass is 10.1. The highest BCUT2D eigenvalue weighted by atomic mass is 32.1. The Balaban J connectivity index is 1.42. The Morgan fingerprint density at radius 3 is 2.61 bits per heavy atom. The number of hydrogen-bond acceptors (Lipinski definition) is 5. The summed E-state index contributed by atoms with van der Waals surface area (Å²) in [6.45, 7) is 2.72. The molecule has 2 aromatic carbocycles. The molecule has 6 heteroatoms. The molecule has 2 heterocycles. The number of fused-ring (bicyclic) bond motifs is 1. The SMILES string of the molecule is Cc1ccc(CNC(=O)CNc2ncnc3sc(-c4ccccc4)cc23)cc1. The zero-order chi connectivity index (χ0) is 19.3. The summed E-state index contributed by atoms with van der Waals surface area (Å²) in [5.41, 5.74) is 3.43. The second kappa shape index (κ2) is 8.19. The van der Waals surface area contributed by atoms with Crippen molar-refractivity contribution in [3.63, 3.8) is 0 Å². The monoisotopic (exact) mass is 388 g/mol. The summed E-state index contributed by atoms with van der Waals surface area (Å²) in [6, 6.07) is 20.4. The van der Waals surface area contributed by atoms with Gasteiger partial charge < -0.3 is 10.6 Å². The zero-order valence-corrected chi connectivity index (χ0v) is 16.3. The number of carbonyl (C=O) groups is 1. The van der Waals surface area contributed by atoms with Gasteiger partial charge in [-0.2, -0.15) is 0 Å². The summed E-state index contributed by atoms with van der Waals surface area (Å²) in [6.07, 6.45) is 1.53. The van der Waals surface area contributed by atoms with Gasteiger partial charge in [0, 0.05) is 11.4 Å². The number of benzene rings is 2. The molecule has 1 amide bonds. The Labute approximate surface area is 167 Å². The molecule has 2 N–H and O–H groups in total. The van der Waals surface area contributed by atoms with Gasteiger partial charge in [-0.3, -0.25) is 4.79 Å². The smallest absolute Gasteiger partial charge is 0.239 e. The molecule has 0 aliphatic heterocycles. The molecule has 0 radical (unpaired) electrons. The Morgan fingerprint density at radius 1 is 1.04 bits per heavy atom. The topological polar surface area (TPSA) is 66.9 Å². The Kier molecular flexibility index (Phi) is 5.30. The van der Waals surface area contributed by atoms with Crippen molar-refractivity contribution in [2.24, 2.45) is 0 Å². The highest BCUT2D eigenvalue weighted by Crippen LogP contribution is 2.34. The molecule has 0 aliphatic carbocycles. The summed E-state index contributed by atoms with van der Waals surface area (Å²) in [5.74, 6) is 0.597. The lowest BCUT2D eigenvalue weighted by Crippen LogP contribution is -2.29. The fraction of sp³-hybridized carbons (Fsp3) is 0.136. The molecular formula is C22H20N4OS. The van der Waals surface area contributed by atoms with E-state index in [0.29, 0.717) is 12.4 Å². The first-order valence-electron chi connectivity index (χ1n) is 9.05. The van der Waals surface area contributed by atoms with Crippen LogP contribution in [0.3, 0.4) is 0 Å². The van der Waals surface area contributed by atoms with Crippen LogP contribution in [-0.2, 0) is 11.3 Å². The normalized spacial score (nSPS) is 10.8. The number of hydrogen-bond donors (Lipinski definition) is 2. The molecule has 0 atom stereocenters. The molecule has 0 fully saturated rings. The first kappa shape index (κ1) is 18.1. The van der Waals surface area contributed by atoms with Crippen molar-refractivity contribution in [1.29, 1.82) is 0 Å². The van der Waals surface area contributed by atoms with Crippen molar-refractivity contribution in [2.45, 2.75) is 13.5 Å². The molecule has 28 heavy (non-hydrogen) atoms. The predicted octanol–water partition coefficient (Wildman–Crippen LogP) is 4.40. The third-order valence-electron chi connectivity index (χ3n) is 4.41. The van der Waals surface area contributed by atoms with Gasteiger partial charge in [0.05, 0.1) is 11.9 Å². The lowest BCUT2D eigenvalue weighted by Gasteiger charge is -2.08. The van der Waals surface area contributed by atoms with Crippen LogP contribution >= 0.6 is 11.3 Å². The van der Waals surface area contributed by atoms with Gasteiger partial charge in [0.1, 0.15) is 17.0 Å². The van der Waals surface area contributed by atoms with Crippen LogP contribution in [0.1, 0.15) is 11.1 Å². The predicted molar refractivity (Wildman–Crippen MR) is 114 cm³/mol. The van der Waals surface area contributed by atoms with Crippen LogP contribution < -0.4 is 10.6 Å². The Hall–Kier alpha value is -3.25. The van der Waals surface area contributed by atoms with Crippen LogP contribution in [0.5, 0.6) is 0 Å². The maximum absolute atomic E-state index is 12.2. The summed E-state index contributed by atoms with van der Waals surface area (Å²) in [5, 5.41) is 7.00. The van der Waals surface area contributed by atoms with E-state index in [-0.39, 0.29) is 12.5 Å². The van der Waals surface area contributed by atoms with E-state index in [1.54, 1.807) is 11.3 Å². The van der Waals surface area contributed by atoms with Crippen molar-refractivity contribution in [3.05, 3.63) is 78.1 Å². The minimum absolute atomic E-state index is 0.0779. The van der Waals surface area contributed by atoms with E-state index in [9.17, 15) is 4.79 Å². The molecule has 0 unspecified atom stereocenters. The van der Waals surface area contributed by atoms with E-state index < -0.39 is 0 Å². The number of aromatic nitrogens is 2. The molecule has 0 saturated heterocycles. The highest BCUT2D eigenvalue weighted by Gasteiger charge is 2.11. The molecule has 0 aliphatic rings. The largest absolute Gasteiger partial charge is 0.360 e. The number of thiophene rings is 1. The minimum atomic E-state index is -0.0779. The first-order valence-corrected chi connectivity index (χ1v) is 9.87. The summed E-state index contributed by atoms with van der Waals surface area (Å²) >= 11 is 1.62. The molecule has 0 saturated carbocycles. The fourth-order valence-corrected chi connectivity index (χ4v) is 3.88. The molecule has 4 rings (SSSR count). The molecule has 2 aromatic heterocycles. The van der Waals surface area contributed by atoms with Crippen LogP contribution in [0.25, 0.3) is 20.7 Å². The third-order valence-corrected chi connectivity index (χ3v) is 5.51. The van der Waals surface area contributed by atoms with E-state index >= 15 is 0 Å². The van der Waals surface area contributed by atoms with Gasteiger partial charge >= 0.3 is 0 Å². The minimum Gasteiger partial charge on any atom is -0.360 e. The fourth-order valence-electron chi connectivity index (χ4n) is 2.87. The summed E-state index contributed by atoms with van der Waals surface area (Å²) in [7, 11) is 0. The van der Waals surface area contributed by atoms with Gasteiger partial charge in [-0.15, -0.1) is 11.3 Å². The van der Waals surface area contributed by atoms with Crippen molar-refractivity contribution >= 4 is 33.3 Å². The van der Waals surface area contributed by atoms with Gasteiger partial charge in [-0.05, 0) is 24.1 Å². The Bertz CT molecular complexity index is 1090. The highest BCUT2D eigenvalue weighted by molar-refractivity contribution is 7.21. The van der Waals surface area contributed by atoms with Crippen molar-refractivity contribution in [2.75, 3.05) is 11.9 Å². The average molecular weight is 388 g/mol. The Morgan fingerprint density at radius 2 is 1.82 bits per heavy atom. The van der Waals surface area contributed by atoms with Gasteiger partial charge in [0.2, 0.25) is 5.91 Å². The first-order chi connectivity index (χ1) is 13.7. The van der Waals surface area contributed by atoms with Gasteiger partial charge in [0.15, 0.2) is 0 Å². The molecule has 0 bridgehead atoms. The van der Waals surface area contributed by atoms with Crippen LogP contribution in [0.4, 0.5) is 5.82 Å². The summed E-state index contributed by atoms with van der Waals surface area (Å²) < 4.78 is 0. The van der Waals surface area contributed by atoms with Crippen molar-refractivity contribution in [1.82, 2.24) is 15.3 Å². The summed E-state index contributed by atoms with van der Waals surface area (Å²) in [4.78, 5) is 22.9. The van der Waals surface area contributed by atoms with Crippen LogP contribution in [0.2, 0.25) is 0 Å². The van der Waals surface area contributed by atoms with E-state index in [2.05, 4.69) is 38.8 Å². The lowest BCUT2D eigenvalue weighted by molar-refractivity contribution is -0.119. The molecule has 4 aromatic rings. The molecular weight excluding hydrogens is 368 g/mol. The second-order valence-electron chi connectivity index (χ2n) is 6.53. The van der Waals surface area contributed by atoms with Gasteiger partial charge in [-0.25, -0.2) is 9.97 Å². The van der Waals surface area contributed by atoms with Crippen molar-refractivity contribution in [3.8, 4) is 10.4 Å². The van der Waals surface area contributed by atoms with Crippen molar-refractivity contribution < 1.29 is 4.79 Å². The molecule has 5 nitrogen and oxygen atoms in total. The maximum Gasteiger partial charge on any atom is 0.239 e.